The van der Waals surface area contributed by atoms with Crippen molar-refractivity contribution in [3.8, 4) is 0 Å². The van der Waals surface area contributed by atoms with E-state index >= 15 is 0 Å². The van der Waals surface area contributed by atoms with Gasteiger partial charge in [-0.1, -0.05) is 20.8 Å². The van der Waals surface area contributed by atoms with Crippen LogP contribution in [0.1, 0.15) is 40.0 Å². The molecule has 1 heterocycles. The molecule has 15 heavy (non-hydrogen) atoms. The molecule has 0 amide bonds. The summed E-state index contributed by atoms with van der Waals surface area (Å²) in [5.74, 6) is 0. The molecule has 3 aliphatic carbocycles. The Morgan fingerprint density at radius 1 is 1.00 bits per heavy atom. The summed E-state index contributed by atoms with van der Waals surface area (Å²) in [4.78, 5) is 2.70. The smallest absolute Gasteiger partial charge is 0.0594 e. The van der Waals surface area contributed by atoms with E-state index in [0.29, 0.717) is 16.4 Å². The lowest BCUT2D eigenvalue weighted by Crippen LogP contribution is -2.78. The predicted molar refractivity (Wildman–Crippen MR) is 60.9 cm³/mol. The van der Waals surface area contributed by atoms with Gasteiger partial charge in [-0.15, -0.1) is 0 Å². The van der Waals surface area contributed by atoms with Crippen LogP contribution in [0.4, 0.5) is 0 Å². The van der Waals surface area contributed by atoms with Gasteiger partial charge in [-0.25, -0.2) is 0 Å². The van der Waals surface area contributed by atoms with Gasteiger partial charge in [-0.3, -0.25) is 4.90 Å². The maximum Gasteiger partial charge on any atom is 0.0594 e. The number of rotatable bonds is 1. The Kier molecular flexibility index (Phi) is 1.87. The van der Waals surface area contributed by atoms with Gasteiger partial charge in [-0.2, -0.15) is 0 Å². The van der Waals surface area contributed by atoms with Gasteiger partial charge in [-0.05, 0) is 30.1 Å². The molecule has 0 aromatic heterocycles. The Balaban J connectivity index is 1.65. The molecule has 2 nitrogen and oxygen atoms in total. The van der Waals surface area contributed by atoms with Gasteiger partial charge >= 0.3 is 0 Å². The van der Waals surface area contributed by atoms with Crippen LogP contribution in [0.15, 0.2) is 0 Å². The van der Waals surface area contributed by atoms with Crippen LogP contribution in [0.3, 0.4) is 0 Å². The van der Waals surface area contributed by atoms with E-state index in [-0.39, 0.29) is 0 Å². The van der Waals surface area contributed by atoms with E-state index in [0.717, 1.165) is 13.2 Å². The van der Waals surface area contributed by atoms with Crippen LogP contribution >= 0.6 is 0 Å². The standard InChI is InChI=1S/C13H23NO/c1-11(2,3)12-8-13(9-12,10-12)14-4-6-15-7-5-14/h4-10H2,1-3H3. The molecule has 2 heteroatoms. The SMILES string of the molecule is CC(C)(C)C12CC(N3CCOCC3)(C1)C2. The highest BCUT2D eigenvalue weighted by Crippen LogP contribution is 2.76. The average Bonchev–Trinajstić information content (AvgIpc) is 1.98. The van der Waals surface area contributed by atoms with Crippen molar-refractivity contribution in [1.82, 2.24) is 4.90 Å². The minimum Gasteiger partial charge on any atom is -0.379 e. The first-order valence-electron chi connectivity index (χ1n) is 6.30. The van der Waals surface area contributed by atoms with Crippen molar-refractivity contribution in [3.05, 3.63) is 0 Å². The molecule has 2 bridgehead atoms. The summed E-state index contributed by atoms with van der Waals surface area (Å²) in [7, 11) is 0. The zero-order chi connectivity index (χ0) is 10.7. The molecule has 4 aliphatic rings. The molecule has 0 aromatic rings. The number of morpholine rings is 1. The predicted octanol–water partition coefficient (Wildman–Crippen LogP) is 2.29. The first-order chi connectivity index (χ1) is 6.98. The fourth-order valence-electron chi connectivity index (χ4n) is 3.90. The van der Waals surface area contributed by atoms with Crippen LogP contribution in [0, 0.1) is 10.8 Å². The third kappa shape index (κ3) is 1.18. The highest BCUT2D eigenvalue weighted by Gasteiger charge is 2.73. The monoisotopic (exact) mass is 209 g/mol. The van der Waals surface area contributed by atoms with Gasteiger partial charge in [0.2, 0.25) is 0 Å². The summed E-state index contributed by atoms with van der Waals surface area (Å²) in [6.07, 6.45) is 4.34. The molecular formula is C13H23NO. The van der Waals surface area contributed by atoms with Crippen LogP contribution in [0.5, 0.6) is 0 Å². The molecule has 86 valence electrons. The molecule has 0 aromatic carbocycles. The van der Waals surface area contributed by atoms with Crippen LogP contribution in [-0.2, 0) is 4.74 Å². The summed E-state index contributed by atoms with van der Waals surface area (Å²) >= 11 is 0. The fraction of sp³-hybridized carbons (Fsp3) is 1.00. The maximum absolute atomic E-state index is 5.43. The minimum atomic E-state index is 0.515. The van der Waals surface area contributed by atoms with Crippen molar-refractivity contribution in [2.24, 2.45) is 10.8 Å². The topological polar surface area (TPSA) is 12.5 Å². The lowest BCUT2D eigenvalue weighted by molar-refractivity contribution is -0.275. The van der Waals surface area contributed by atoms with Gasteiger partial charge in [0.05, 0.1) is 13.2 Å². The highest BCUT2D eigenvalue weighted by molar-refractivity contribution is 5.26. The van der Waals surface area contributed by atoms with E-state index in [4.69, 9.17) is 4.74 Å². The van der Waals surface area contributed by atoms with Gasteiger partial charge in [0, 0.05) is 18.6 Å². The van der Waals surface area contributed by atoms with E-state index in [1.807, 2.05) is 0 Å². The quantitative estimate of drug-likeness (QED) is 0.657. The van der Waals surface area contributed by atoms with Crippen molar-refractivity contribution in [2.75, 3.05) is 26.3 Å². The molecule has 1 saturated heterocycles. The summed E-state index contributed by atoms with van der Waals surface area (Å²) in [5.41, 5.74) is 1.81. The average molecular weight is 209 g/mol. The van der Waals surface area contributed by atoms with Crippen LogP contribution in [0.25, 0.3) is 0 Å². The molecular weight excluding hydrogens is 186 g/mol. The van der Waals surface area contributed by atoms with Crippen molar-refractivity contribution in [1.29, 1.82) is 0 Å². The first kappa shape index (κ1) is 10.1. The highest BCUT2D eigenvalue weighted by atomic mass is 16.5. The lowest BCUT2D eigenvalue weighted by atomic mass is 9.32. The van der Waals surface area contributed by atoms with Crippen molar-refractivity contribution in [2.45, 2.75) is 45.6 Å². The van der Waals surface area contributed by atoms with Crippen molar-refractivity contribution < 1.29 is 4.74 Å². The Morgan fingerprint density at radius 2 is 1.53 bits per heavy atom. The van der Waals surface area contributed by atoms with E-state index in [2.05, 4.69) is 25.7 Å². The van der Waals surface area contributed by atoms with Gasteiger partial charge in [0.25, 0.3) is 0 Å². The lowest BCUT2D eigenvalue weighted by Gasteiger charge is -2.78. The van der Waals surface area contributed by atoms with Crippen LogP contribution in [0.2, 0.25) is 0 Å². The summed E-state index contributed by atoms with van der Waals surface area (Å²) in [5, 5.41) is 0. The second kappa shape index (κ2) is 2.78. The van der Waals surface area contributed by atoms with Crippen molar-refractivity contribution in [3.63, 3.8) is 0 Å². The molecule has 0 unspecified atom stereocenters. The van der Waals surface area contributed by atoms with Gasteiger partial charge in [0.1, 0.15) is 0 Å². The molecule has 4 fully saturated rings. The third-order valence-corrected chi connectivity index (χ3v) is 5.28. The Hall–Kier alpha value is -0.0800. The van der Waals surface area contributed by atoms with E-state index in [1.54, 1.807) is 0 Å². The second-order valence-electron chi connectivity index (χ2n) is 6.88. The summed E-state index contributed by atoms with van der Waals surface area (Å²) in [6, 6.07) is 0. The molecule has 0 atom stereocenters. The Morgan fingerprint density at radius 3 is 2.00 bits per heavy atom. The summed E-state index contributed by atoms with van der Waals surface area (Å²) in [6.45, 7) is 11.5. The summed E-state index contributed by atoms with van der Waals surface area (Å²) < 4.78 is 5.43. The zero-order valence-electron chi connectivity index (χ0n) is 10.3. The Bertz CT molecular complexity index is 253. The first-order valence-corrected chi connectivity index (χ1v) is 6.30. The normalized spacial score (nSPS) is 45.8. The molecule has 0 radical (unpaired) electrons. The molecule has 0 N–H and O–H groups in total. The molecule has 0 spiro atoms. The van der Waals surface area contributed by atoms with Crippen LogP contribution in [-0.4, -0.2) is 36.7 Å². The number of ether oxygens (including phenoxy) is 1. The van der Waals surface area contributed by atoms with E-state index in [9.17, 15) is 0 Å². The third-order valence-electron chi connectivity index (χ3n) is 5.28. The number of hydrogen-bond donors (Lipinski definition) is 0. The maximum atomic E-state index is 5.43. The Labute approximate surface area is 93.0 Å². The largest absolute Gasteiger partial charge is 0.379 e. The molecule has 4 rings (SSSR count). The van der Waals surface area contributed by atoms with Gasteiger partial charge < -0.3 is 4.74 Å². The zero-order valence-corrected chi connectivity index (χ0v) is 10.3. The molecule has 3 saturated carbocycles. The molecule has 1 aliphatic heterocycles. The minimum absolute atomic E-state index is 0.515. The van der Waals surface area contributed by atoms with Crippen LogP contribution < -0.4 is 0 Å². The number of nitrogens with zero attached hydrogens (tertiary/aromatic N) is 1. The van der Waals surface area contributed by atoms with E-state index < -0.39 is 0 Å². The second-order valence-corrected chi connectivity index (χ2v) is 6.88. The van der Waals surface area contributed by atoms with E-state index in [1.165, 1.54) is 32.4 Å². The van der Waals surface area contributed by atoms with Gasteiger partial charge in [0.15, 0.2) is 0 Å². The number of hydrogen-bond acceptors (Lipinski definition) is 2. The fourth-order valence-corrected chi connectivity index (χ4v) is 3.90. The van der Waals surface area contributed by atoms with Crippen molar-refractivity contribution >= 4 is 0 Å².